The second-order valence-corrected chi connectivity index (χ2v) is 4.83. The molecule has 0 bridgehead atoms. The van der Waals surface area contributed by atoms with Crippen LogP contribution in [0.15, 0.2) is 39.9 Å². The van der Waals surface area contributed by atoms with Crippen molar-refractivity contribution in [3.05, 3.63) is 58.5 Å². The number of amides is 1. The summed E-state index contributed by atoms with van der Waals surface area (Å²) >= 11 is 0. The van der Waals surface area contributed by atoms with Crippen LogP contribution in [0.25, 0.3) is 0 Å². The summed E-state index contributed by atoms with van der Waals surface area (Å²) in [6, 6.07) is 9.27. The number of nitrogens with zero attached hydrogens (tertiary/aromatic N) is 1. The molecule has 0 radical (unpaired) electrons. The Morgan fingerprint density at radius 2 is 1.80 bits per heavy atom. The third kappa shape index (κ3) is 3.15. The molecule has 1 amide bonds. The lowest BCUT2D eigenvalue weighted by molar-refractivity contribution is 0.0955. The quantitative estimate of drug-likeness (QED) is 0.686. The first kappa shape index (κ1) is 14.1. The molecule has 104 valence electrons. The predicted octanol–water partition coefficient (Wildman–Crippen LogP) is 3.36. The zero-order valence-corrected chi connectivity index (χ0v) is 12.2. The molecule has 0 aliphatic carbocycles. The smallest absolute Gasteiger partial charge is 0.271 e. The number of hydrogen-bond donors (Lipinski definition) is 1. The average molecular weight is 270 g/mol. The molecule has 0 aliphatic rings. The van der Waals surface area contributed by atoms with Gasteiger partial charge in [0.1, 0.15) is 11.5 Å². The van der Waals surface area contributed by atoms with Crippen LogP contribution in [0.4, 0.5) is 0 Å². The maximum Gasteiger partial charge on any atom is 0.271 e. The van der Waals surface area contributed by atoms with Crippen LogP contribution in [0.1, 0.15) is 39.9 Å². The minimum absolute atomic E-state index is 0.220. The second-order valence-electron chi connectivity index (χ2n) is 4.83. The third-order valence-corrected chi connectivity index (χ3v) is 3.07. The van der Waals surface area contributed by atoms with E-state index < -0.39 is 0 Å². The Hall–Kier alpha value is -2.36. The van der Waals surface area contributed by atoms with Gasteiger partial charge in [-0.1, -0.05) is 17.7 Å². The SMILES string of the molecule is C/C(=N/NC(=O)c1ccc(C)cc1)c1cc(C)oc1C. The number of rotatable bonds is 3. The van der Waals surface area contributed by atoms with Crippen LogP contribution in [0, 0.1) is 20.8 Å². The molecule has 20 heavy (non-hydrogen) atoms. The summed E-state index contributed by atoms with van der Waals surface area (Å²) in [6.07, 6.45) is 0. The molecule has 2 rings (SSSR count). The van der Waals surface area contributed by atoms with Crippen molar-refractivity contribution < 1.29 is 9.21 Å². The molecular weight excluding hydrogens is 252 g/mol. The number of furan rings is 1. The van der Waals surface area contributed by atoms with Crippen molar-refractivity contribution in [2.24, 2.45) is 5.10 Å². The van der Waals surface area contributed by atoms with Crippen LogP contribution in [-0.2, 0) is 0 Å². The summed E-state index contributed by atoms with van der Waals surface area (Å²) in [5.74, 6) is 1.41. The second kappa shape index (κ2) is 5.74. The lowest BCUT2D eigenvalue weighted by Gasteiger charge is -2.02. The molecule has 4 nitrogen and oxygen atoms in total. The molecule has 2 aromatic rings. The topological polar surface area (TPSA) is 54.6 Å². The van der Waals surface area contributed by atoms with Crippen molar-refractivity contribution in [1.82, 2.24) is 5.43 Å². The number of hydrazone groups is 1. The summed E-state index contributed by atoms with van der Waals surface area (Å²) in [4.78, 5) is 11.9. The van der Waals surface area contributed by atoms with Gasteiger partial charge in [0.15, 0.2) is 0 Å². The number of hydrogen-bond acceptors (Lipinski definition) is 3. The number of aryl methyl sites for hydroxylation is 3. The summed E-state index contributed by atoms with van der Waals surface area (Å²) in [6.45, 7) is 7.58. The highest BCUT2D eigenvalue weighted by Crippen LogP contribution is 2.14. The van der Waals surface area contributed by atoms with E-state index in [2.05, 4.69) is 10.5 Å². The number of carbonyl (C=O) groups excluding carboxylic acids is 1. The monoisotopic (exact) mass is 270 g/mol. The van der Waals surface area contributed by atoms with E-state index in [0.717, 1.165) is 28.4 Å². The molecule has 0 saturated heterocycles. The first-order chi connectivity index (χ1) is 9.47. The molecule has 0 aliphatic heterocycles. The normalized spacial score (nSPS) is 11.5. The molecular formula is C16H18N2O2. The highest BCUT2D eigenvalue weighted by atomic mass is 16.3. The van der Waals surface area contributed by atoms with Gasteiger partial charge in [0, 0.05) is 11.1 Å². The average Bonchev–Trinajstić information content (AvgIpc) is 2.75. The van der Waals surface area contributed by atoms with Crippen molar-refractivity contribution in [3.8, 4) is 0 Å². The van der Waals surface area contributed by atoms with Gasteiger partial charge in [0.25, 0.3) is 5.91 Å². The Bertz CT molecular complexity index is 652. The number of benzene rings is 1. The molecule has 0 atom stereocenters. The first-order valence-electron chi connectivity index (χ1n) is 6.46. The van der Waals surface area contributed by atoms with Crippen molar-refractivity contribution >= 4 is 11.6 Å². The fourth-order valence-corrected chi connectivity index (χ4v) is 1.95. The van der Waals surface area contributed by atoms with Gasteiger partial charge >= 0.3 is 0 Å². The summed E-state index contributed by atoms with van der Waals surface area (Å²) in [7, 11) is 0. The van der Waals surface area contributed by atoms with Crippen LogP contribution < -0.4 is 5.43 Å². The lowest BCUT2D eigenvalue weighted by Crippen LogP contribution is -2.19. The highest BCUT2D eigenvalue weighted by molar-refractivity contribution is 6.01. The van der Waals surface area contributed by atoms with Crippen LogP contribution in [0.3, 0.4) is 0 Å². The lowest BCUT2D eigenvalue weighted by atomic mass is 10.1. The van der Waals surface area contributed by atoms with E-state index in [4.69, 9.17) is 4.42 Å². The van der Waals surface area contributed by atoms with Crippen LogP contribution in [-0.4, -0.2) is 11.6 Å². The zero-order chi connectivity index (χ0) is 14.7. The van der Waals surface area contributed by atoms with Crippen molar-refractivity contribution in [2.75, 3.05) is 0 Å². The minimum atomic E-state index is -0.220. The van der Waals surface area contributed by atoms with Gasteiger partial charge in [-0.3, -0.25) is 4.79 Å². The minimum Gasteiger partial charge on any atom is -0.466 e. The molecule has 1 aromatic heterocycles. The van der Waals surface area contributed by atoms with Gasteiger partial charge in [-0.25, -0.2) is 5.43 Å². The predicted molar refractivity (Wildman–Crippen MR) is 79.0 cm³/mol. The molecule has 1 aromatic carbocycles. The molecule has 0 spiro atoms. The van der Waals surface area contributed by atoms with Crippen LogP contribution in [0.5, 0.6) is 0 Å². The Morgan fingerprint density at radius 3 is 2.35 bits per heavy atom. The fraction of sp³-hybridized carbons (Fsp3) is 0.250. The van der Waals surface area contributed by atoms with Gasteiger partial charge in [0.05, 0.1) is 5.71 Å². The Labute approximate surface area is 118 Å². The Kier molecular flexibility index (Phi) is 4.03. The Morgan fingerprint density at radius 1 is 1.15 bits per heavy atom. The van der Waals surface area contributed by atoms with Gasteiger partial charge in [0.2, 0.25) is 0 Å². The molecule has 0 unspecified atom stereocenters. The fourth-order valence-electron chi connectivity index (χ4n) is 1.95. The van der Waals surface area contributed by atoms with Crippen LogP contribution >= 0.6 is 0 Å². The van der Waals surface area contributed by atoms with Gasteiger partial charge in [-0.05, 0) is 45.9 Å². The van der Waals surface area contributed by atoms with E-state index in [0.29, 0.717) is 5.56 Å². The molecule has 0 saturated carbocycles. The van der Waals surface area contributed by atoms with E-state index in [9.17, 15) is 4.79 Å². The first-order valence-corrected chi connectivity index (χ1v) is 6.46. The molecule has 1 N–H and O–H groups in total. The van der Waals surface area contributed by atoms with Gasteiger partial charge in [-0.15, -0.1) is 0 Å². The summed E-state index contributed by atoms with van der Waals surface area (Å²) in [5.41, 5.74) is 5.90. The number of nitrogens with one attached hydrogen (secondary N) is 1. The standard InChI is InChI=1S/C16H18N2O2/c1-10-5-7-14(8-6-10)16(19)18-17-12(3)15-9-11(2)20-13(15)4/h5-9H,1-4H3,(H,18,19)/b17-12-. The highest BCUT2D eigenvalue weighted by Gasteiger charge is 2.09. The van der Waals surface area contributed by atoms with Gasteiger partial charge < -0.3 is 4.42 Å². The zero-order valence-electron chi connectivity index (χ0n) is 12.2. The summed E-state index contributed by atoms with van der Waals surface area (Å²) < 4.78 is 5.45. The van der Waals surface area contributed by atoms with E-state index in [1.807, 2.05) is 45.9 Å². The maximum atomic E-state index is 11.9. The van der Waals surface area contributed by atoms with E-state index in [1.165, 1.54) is 0 Å². The van der Waals surface area contributed by atoms with Crippen molar-refractivity contribution in [1.29, 1.82) is 0 Å². The molecule has 0 fully saturated rings. The van der Waals surface area contributed by atoms with Crippen molar-refractivity contribution in [3.63, 3.8) is 0 Å². The largest absolute Gasteiger partial charge is 0.466 e. The third-order valence-electron chi connectivity index (χ3n) is 3.07. The maximum absolute atomic E-state index is 11.9. The molecule has 1 heterocycles. The van der Waals surface area contributed by atoms with Crippen molar-refractivity contribution in [2.45, 2.75) is 27.7 Å². The molecule has 4 heteroatoms. The van der Waals surface area contributed by atoms with E-state index >= 15 is 0 Å². The van der Waals surface area contributed by atoms with E-state index in [1.54, 1.807) is 12.1 Å². The van der Waals surface area contributed by atoms with E-state index in [-0.39, 0.29) is 5.91 Å². The van der Waals surface area contributed by atoms with Crippen LogP contribution in [0.2, 0.25) is 0 Å². The van der Waals surface area contributed by atoms with Gasteiger partial charge in [-0.2, -0.15) is 5.10 Å². The summed E-state index contributed by atoms with van der Waals surface area (Å²) in [5, 5.41) is 4.12. The number of carbonyl (C=O) groups is 1. The Balaban J connectivity index is 2.10.